The molecule has 0 radical (unpaired) electrons. The Bertz CT molecular complexity index is 1240. The highest BCUT2D eigenvalue weighted by atomic mass is 16.7. The number of ether oxygens (including phenoxy) is 3. The van der Waals surface area contributed by atoms with Crippen LogP contribution in [-0.4, -0.2) is 27.0 Å². The molecule has 36 heavy (non-hydrogen) atoms. The van der Waals surface area contributed by atoms with E-state index in [4.69, 9.17) is 14.2 Å². The molecule has 0 spiro atoms. The molecule has 4 fully saturated rings. The summed E-state index contributed by atoms with van der Waals surface area (Å²) in [5.74, 6) is 2.31. The second-order valence-corrected chi connectivity index (χ2v) is 11.4. The summed E-state index contributed by atoms with van der Waals surface area (Å²) >= 11 is 0. The molecule has 0 saturated heterocycles. The van der Waals surface area contributed by atoms with Gasteiger partial charge in [0.25, 0.3) is 0 Å². The van der Waals surface area contributed by atoms with E-state index in [2.05, 4.69) is 37.3 Å². The number of hydrogen-bond acceptors (Lipinski definition) is 4. The van der Waals surface area contributed by atoms with Gasteiger partial charge in [0, 0.05) is 7.11 Å². The first-order chi connectivity index (χ1) is 17.5. The average molecular weight is 485 g/mol. The number of esters is 1. The summed E-state index contributed by atoms with van der Waals surface area (Å²) in [5, 5.41) is 2.50. The monoisotopic (exact) mass is 484 g/mol. The summed E-state index contributed by atoms with van der Waals surface area (Å²) in [7, 11) is 3.10. The lowest BCUT2D eigenvalue weighted by molar-refractivity contribution is -0.0683. The topological polar surface area (TPSA) is 44.8 Å². The van der Waals surface area contributed by atoms with Gasteiger partial charge in [-0.2, -0.15) is 0 Å². The predicted molar refractivity (Wildman–Crippen MR) is 142 cm³/mol. The minimum atomic E-state index is -0.307. The molecule has 3 aromatic rings. The molecule has 4 bridgehead atoms. The van der Waals surface area contributed by atoms with Crippen LogP contribution in [0.3, 0.4) is 0 Å². The fraction of sp³-hybridized carbons (Fsp3) is 0.469. The van der Waals surface area contributed by atoms with Crippen LogP contribution in [0.4, 0.5) is 0 Å². The Kier molecular flexibility index (Phi) is 6.13. The molecule has 1 atom stereocenters. The van der Waals surface area contributed by atoms with Gasteiger partial charge in [0.05, 0.1) is 18.8 Å². The van der Waals surface area contributed by atoms with Crippen LogP contribution in [0, 0.1) is 17.8 Å². The molecule has 0 N–H and O–H groups in total. The second kappa shape index (κ2) is 9.32. The van der Waals surface area contributed by atoms with Crippen LogP contribution in [0.15, 0.2) is 54.6 Å². The Morgan fingerprint density at radius 1 is 0.944 bits per heavy atom. The molecule has 4 aliphatic carbocycles. The number of carbonyl (C=O) groups is 1. The molecular formula is C32H36O4. The predicted octanol–water partition coefficient (Wildman–Crippen LogP) is 7.44. The maximum absolute atomic E-state index is 12.0. The highest BCUT2D eigenvalue weighted by Gasteiger charge is 2.52. The van der Waals surface area contributed by atoms with Crippen molar-refractivity contribution in [1.29, 1.82) is 0 Å². The number of fused-ring (bicyclic) bond motifs is 1. The number of carbonyl (C=O) groups excluding carboxylic acids is 1. The van der Waals surface area contributed by atoms with Crippen molar-refractivity contribution >= 4 is 16.7 Å². The zero-order valence-electron chi connectivity index (χ0n) is 21.6. The molecule has 0 aromatic heterocycles. The van der Waals surface area contributed by atoms with Gasteiger partial charge in [-0.15, -0.1) is 0 Å². The highest BCUT2D eigenvalue weighted by molar-refractivity contribution is 5.98. The largest absolute Gasteiger partial charge is 0.465 e. The van der Waals surface area contributed by atoms with E-state index in [1.54, 1.807) is 7.11 Å². The summed E-state index contributed by atoms with van der Waals surface area (Å²) < 4.78 is 16.3. The third-order valence-electron chi connectivity index (χ3n) is 9.15. The SMILES string of the molecule is COCOC(C)c1cc2cccc(-c3ccc(C(=O)OC)cc3)c2cc1C12CC3CC(CC(C3)C1)C2. The number of benzene rings is 3. The number of hydrogen-bond donors (Lipinski definition) is 0. The van der Waals surface area contributed by atoms with Crippen molar-refractivity contribution in [2.24, 2.45) is 17.8 Å². The van der Waals surface area contributed by atoms with Gasteiger partial charge in [0.2, 0.25) is 0 Å². The maximum Gasteiger partial charge on any atom is 0.337 e. The van der Waals surface area contributed by atoms with Crippen LogP contribution in [0.5, 0.6) is 0 Å². The van der Waals surface area contributed by atoms with Crippen molar-refractivity contribution in [3.63, 3.8) is 0 Å². The first-order valence-electron chi connectivity index (χ1n) is 13.4. The Balaban J connectivity index is 1.50. The molecule has 4 nitrogen and oxygen atoms in total. The van der Waals surface area contributed by atoms with E-state index >= 15 is 0 Å². The first kappa shape index (κ1) is 23.7. The highest BCUT2D eigenvalue weighted by Crippen LogP contribution is 2.61. The minimum Gasteiger partial charge on any atom is -0.465 e. The van der Waals surface area contributed by atoms with Crippen LogP contribution in [-0.2, 0) is 19.6 Å². The molecule has 3 aromatic carbocycles. The maximum atomic E-state index is 12.0. The van der Waals surface area contributed by atoms with Crippen molar-refractivity contribution in [3.8, 4) is 11.1 Å². The number of rotatable bonds is 7. The molecule has 4 aliphatic rings. The Hall–Kier alpha value is -2.69. The molecule has 7 rings (SSSR count). The van der Waals surface area contributed by atoms with Crippen molar-refractivity contribution < 1.29 is 19.0 Å². The summed E-state index contributed by atoms with van der Waals surface area (Å²) in [4.78, 5) is 12.0. The summed E-state index contributed by atoms with van der Waals surface area (Å²) in [6.07, 6.45) is 8.18. The zero-order valence-corrected chi connectivity index (χ0v) is 21.6. The van der Waals surface area contributed by atoms with Gasteiger partial charge in [-0.3, -0.25) is 0 Å². The van der Waals surface area contributed by atoms with Gasteiger partial charge in [-0.05, 0) is 126 Å². The smallest absolute Gasteiger partial charge is 0.337 e. The van der Waals surface area contributed by atoms with Gasteiger partial charge in [0.15, 0.2) is 0 Å². The molecular weight excluding hydrogens is 448 g/mol. The third kappa shape index (κ3) is 4.05. The van der Waals surface area contributed by atoms with Crippen molar-refractivity contribution in [1.82, 2.24) is 0 Å². The van der Waals surface area contributed by atoms with Crippen LogP contribution >= 0.6 is 0 Å². The molecule has 4 heteroatoms. The van der Waals surface area contributed by atoms with Gasteiger partial charge in [-0.1, -0.05) is 30.3 Å². The molecule has 0 amide bonds. The average Bonchev–Trinajstić information content (AvgIpc) is 2.89. The van der Waals surface area contributed by atoms with Crippen LogP contribution in [0.1, 0.15) is 73.0 Å². The van der Waals surface area contributed by atoms with Gasteiger partial charge >= 0.3 is 5.97 Å². The van der Waals surface area contributed by atoms with E-state index < -0.39 is 0 Å². The summed E-state index contributed by atoms with van der Waals surface area (Å²) in [6, 6.07) is 19.2. The van der Waals surface area contributed by atoms with E-state index in [1.165, 1.54) is 73.1 Å². The van der Waals surface area contributed by atoms with Crippen molar-refractivity contribution in [2.75, 3.05) is 21.0 Å². The quantitative estimate of drug-likeness (QED) is 0.258. The lowest BCUT2D eigenvalue weighted by Crippen LogP contribution is -2.49. The summed E-state index contributed by atoms with van der Waals surface area (Å²) in [5.41, 5.74) is 5.95. The van der Waals surface area contributed by atoms with Gasteiger partial charge < -0.3 is 14.2 Å². The van der Waals surface area contributed by atoms with E-state index in [9.17, 15) is 4.79 Å². The van der Waals surface area contributed by atoms with E-state index in [0.29, 0.717) is 12.4 Å². The zero-order chi connectivity index (χ0) is 24.9. The van der Waals surface area contributed by atoms with E-state index in [1.807, 2.05) is 24.3 Å². The molecule has 0 heterocycles. The molecule has 4 saturated carbocycles. The van der Waals surface area contributed by atoms with Crippen LogP contribution < -0.4 is 0 Å². The van der Waals surface area contributed by atoms with Gasteiger partial charge in [-0.25, -0.2) is 4.79 Å². The van der Waals surface area contributed by atoms with E-state index in [0.717, 1.165) is 23.3 Å². The number of methoxy groups -OCH3 is 2. The van der Waals surface area contributed by atoms with Crippen LogP contribution in [0.2, 0.25) is 0 Å². The van der Waals surface area contributed by atoms with Crippen molar-refractivity contribution in [3.05, 3.63) is 71.3 Å². The molecule has 188 valence electrons. The fourth-order valence-corrected chi connectivity index (χ4v) is 7.99. The minimum absolute atomic E-state index is 0.0275. The fourth-order valence-electron chi connectivity index (χ4n) is 7.99. The lowest BCUT2D eigenvalue weighted by atomic mass is 9.47. The van der Waals surface area contributed by atoms with Crippen LogP contribution in [0.25, 0.3) is 21.9 Å². The molecule has 1 unspecified atom stereocenters. The summed E-state index contributed by atoms with van der Waals surface area (Å²) in [6.45, 7) is 2.46. The van der Waals surface area contributed by atoms with Gasteiger partial charge in [0.1, 0.15) is 6.79 Å². The van der Waals surface area contributed by atoms with E-state index in [-0.39, 0.29) is 17.5 Å². The molecule has 0 aliphatic heterocycles. The normalized spacial score (nSPS) is 27.4. The Morgan fingerprint density at radius 3 is 2.22 bits per heavy atom. The third-order valence-corrected chi connectivity index (χ3v) is 9.15. The second-order valence-electron chi connectivity index (χ2n) is 11.4. The van der Waals surface area contributed by atoms with Crippen molar-refractivity contribution in [2.45, 2.75) is 57.0 Å². The Morgan fingerprint density at radius 2 is 1.61 bits per heavy atom. The first-order valence-corrected chi connectivity index (χ1v) is 13.4. The lowest BCUT2D eigenvalue weighted by Gasteiger charge is -2.57. The Labute approximate surface area is 213 Å². The standard InChI is InChI=1S/C32H36O4/c1-20(36-19-34-2)28-14-26-5-4-6-27(24-7-9-25(10-8-24)31(33)35-3)29(26)15-30(28)32-16-21-11-22(17-32)13-23(12-21)18-32/h4-10,14-15,20-23H,11-13,16-19H2,1-3H3.